The van der Waals surface area contributed by atoms with E-state index >= 15 is 0 Å². The zero-order valence-corrected chi connectivity index (χ0v) is 11.8. The fourth-order valence-corrected chi connectivity index (χ4v) is 2.54. The summed E-state index contributed by atoms with van der Waals surface area (Å²) in [5.41, 5.74) is 1.09. The molecule has 0 spiro atoms. The molecule has 104 valence electrons. The SMILES string of the molecule is CCC(C)C(C(=O)N1CCCCO1)c1ccccc1. The van der Waals surface area contributed by atoms with Crippen molar-refractivity contribution in [1.29, 1.82) is 0 Å². The molecule has 3 heteroatoms. The van der Waals surface area contributed by atoms with Crippen molar-refractivity contribution in [3.05, 3.63) is 35.9 Å². The summed E-state index contributed by atoms with van der Waals surface area (Å²) in [6, 6.07) is 10.1. The molecule has 0 radical (unpaired) electrons. The van der Waals surface area contributed by atoms with Gasteiger partial charge in [0.05, 0.1) is 12.5 Å². The van der Waals surface area contributed by atoms with Crippen LogP contribution >= 0.6 is 0 Å². The van der Waals surface area contributed by atoms with Crippen molar-refractivity contribution >= 4 is 5.91 Å². The number of hydrogen-bond acceptors (Lipinski definition) is 2. The molecule has 1 saturated heterocycles. The second-order valence-corrected chi connectivity index (χ2v) is 5.25. The van der Waals surface area contributed by atoms with E-state index in [9.17, 15) is 4.79 Å². The largest absolute Gasteiger partial charge is 0.272 e. The van der Waals surface area contributed by atoms with E-state index in [2.05, 4.69) is 13.8 Å². The first kappa shape index (κ1) is 14.1. The molecule has 0 N–H and O–H groups in total. The molecule has 1 aliphatic rings. The first-order chi connectivity index (χ1) is 9.24. The number of benzene rings is 1. The summed E-state index contributed by atoms with van der Waals surface area (Å²) in [6.45, 7) is 5.65. The number of carbonyl (C=O) groups excluding carboxylic acids is 1. The van der Waals surface area contributed by atoms with E-state index < -0.39 is 0 Å². The minimum absolute atomic E-state index is 0.0932. The Labute approximate surface area is 115 Å². The third kappa shape index (κ3) is 3.35. The average Bonchev–Trinajstić information content (AvgIpc) is 2.49. The van der Waals surface area contributed by atoms with Gasteiger partial charge in [0.2, 0.25) is 0 Å². The van der Waals surface area contributed by atoms with Gasteiger partial charge in [0.25, 0.3) is 5.91 Å². The average molecular weight is 261 g/mol. The van der Waals surface area contributed by atoms with Crippen molar-refractivity contribution in [2.24, 2.45) is 5.92 Å². The van der Waals surface area contributed by atoms with Crippen LogP contribution in [-0.4, -0.2) is 24.1 Å². The topological polar surface area (TPSA) is 29.5 Å². The summed E-state index contributed by atoms with van der Waals surface area (Å²) < 4.78 is 0. The molecule has 0 bridgehead atoms. The van der Waals surface area contributed by atoms with Crippen LogP contribution in [0.4, 0.5) is 0 Å². The predicted molar refractivity (Wildman–Crippen MR) is 75.5 cm³/mol. The Balaban J connectivity index is 2.20. The number of rotatable bonds is 4. The highest BCUT2D eigenvalue weighted by Gasteiger charge is 2.31. The van der Waals surface area contributed by atoms with Crippen LogP contribution in [0.5, 0.6) is 0 Å². The molecule has 1 aliphatic heterocycles. The molecular formula is C16H23NO2. The van der Waals surface area contributed by atoms with Crippen LogP contribution in [0.2, 0.25) is 0 Å². The molecule has 0 aliphatic carbocycles. The molecule has 2 atom stereocenters. The van der Waals surface area contributed by atoms with Crippen molar-refractivity contribution in [3.8, 4) is 0 Å². The van der Waals surface area contributed by atoms with Gasteiger partial charge in [0.1, 0.15) is 0 Å². The van der Waals surface area contributed by atoms with Gasteiger partial charge in [0, 0.05) is 6.54 Å². The van der Waals surface area contributed by atoms with E-state index in [-0.39, 0.29) is 11.8 Å². The fourth-order valence-electron chi connectivity index (χ4n) is 2.54. The van der Waals surface area contributed by atoms with E-state index in [1.807, 2.05) is 30.3 Å². The first-order valence-electron chi connectivity index (χ1n) is 7.23. The van der Waals surface area contributed by atoms with Gasteiger partial charge in [-0.2, -0.15) is 0 Å². The van der Waals surface area contributed by atoms with Crippen LogP contribution in [0.3, 0.4) is 0 Å². The van der Waals surface area contributed by atoms with Crippen LogP contribution in [0.1, 0.15) is 44.6 Å². The summed E-state index contributed by atoms with van der Waals surface area (Å²) in [6.07, 6.45) is 3.07. The van der Waals surface area contributed by atoms with Gasteiger partial charge in [-0.15, -0.1) is 0 Å². The minimum Gasteiger partial charge on any atom is -0.272 e. The molecule has 0 aromatic heterocycles. The molecule has 1 aromatic rings. The molecule has 1 aromatic carbocycles. The van der Waals surface area contributed by atoms with Gasteiger partial charge < -0.3 is 0 Å². The number of carbonyl (C=O) groups is 1. The number of hydrogen-bond donors (Lipinski definition) is 0. The summed E-state index contributed by atoms with van der Waals surface area (Å²) in [5.74, 6) is 0.338. The van der Waals surface area contributed by atoms with E-state index in [0.29, 0.717) is 12.5 Å². The Bertz CT molecular complexity index is 398. The second kappa shape index (κ2) is 6.71. The van der Waals surface area contributed by atoms with Gasteiger partial charge in [-0.25, -0.2) is 5.06 Å². The van der Waals surface area contributed by atoms with Gasteiger partial charge in [-0.05, 0) is 24.3 Å². The maximum absolute atomic E-state index is 12.7. The second-order valence-electron chi connectivity index (χ2n) is 5.25. The Morgan fingerprint density at radius 1 is 1.32 bits per heavy atom. The predicted octanol–water partition coefficient (Wildman–Crippen LogP) is 3.37. The van der Waals surface area contributed by atoms with Crippen molar-refractivity contribution in [2.45, 2.75) is 39.0 Å². The molecular weight excluding hydrogens is 238 g/mol. The molecule has 3 nitrogen and oxygen atoms in total. The monoisotopic (exact) mass is 261 g/mol. The number of amides is 1. The lowest BCUT2D eigenvalue weighted by atomic mass is 9.84. The summed E-state index contributed by atoms with van der Waals surface area (Å²) in [7, 11) is 0. The van der Waals surface area contributed by atoms with E-state index in [0.717, 1.165) is 31.4 Å². The summed E-state index contributed by atoms with van der Waals surface area (Å²) in [5, 5.41) is 1.58. The molecule has 2 rings (SSSR count). The van der Waals surface area contributed by atoms with E-state index in [4.69, 9.17) is 4.84 Å². The van der Waals surface area contributed by atoms with Crippen molar-refractivity contribution < 1.29 is 9.63 Å². The normalized spacial score (nSPS) is 18.9. The lowest BCUT2D eigenvalue weighted by molar-refractivity contribution is -0.199. The summed E-state index contributed by atoms with van der Waals surface area (Å²) in [4.78, 5) is 18.2. The van der Waals surface area contributed by atoms with Crippen LogP contribution in [-0.2, 0) is 9.63 Å². The molecule has 1 amide bonds. The first-order valence-corrected chi connectivity index (χ1v) is 7.23. The van der Waals surface area contributed by atoms with Gasteiger partial charge >= 0.3 is 0 Å². The number of hydroxylamine groups is 2. The highest BCUT2D eigenvalue weighted by atomic mass is 16.7. The minimum atomic E-state index is -0.0932. The Morgan fingerprint density at radius 2 is 2.05 bits per heavy atom. The van der Waals surface area contributed by atoms with Crippen LogP contribution in [0.15, 0.2) is 30.3 Å². The quantitative estimate of drug-likeness (QED) is 0.831. The molecule has 19 heavy (non-hydrogen) atoms. The van der Waals surface area contributed by atoms with E-state index in [1.165, 1.54) is 0 Å². The fraction of sp³-hybridized carbons (Fsp3) is 0.562. The van der Waals surface area contributed by atoms with Crippen LogP contribution in [0, 0.1) is 5.92 Å². The zero-order chi connectivity index (χ0) is 13.7. The smallest absolute Gasteiger partial charge is 0.253 e. The van der Waals surface area contributed by atoms with Gasteiger partial charge in [-0.3, -0.25) is 9.63 Å². The Kier molecular flexibility index (Phi) is 4.97. The van der Waals surface area contributed by atoms with Crippen molar-refractivity contribution in [3.63, 3.8) is 0 Å². The highest BCUT2D eigenvalue weighted by Crippen LogP contribution is 2.29. The lowest BCUT2D eigenvalue weighted by Crippen LogP contribution is -2.40. The Hall–Kier alpha value is -1.35. The molecule has 0 saturated carbocycles. The maximum Gasteiger partial charge on any atom is 0.253 e. The van der Waals surface area contributed by atoms with E-state index in [1.54, 1.807) is 5.06 Å². The van der Waals surface area contributed by atoms with Crippen LogP contribution in [0.25, 0.3) is 0 Å². The third-order valence-corrected chi connectivity index (χ3v) is 3.89. The molecule has 1 heterocycles. The Morgan fingerprint density at radius 3 is 2.63 bits per heavy atom. The highest BCUT2D eigenvalue weighted by molar-refractivity contribution is 5.83. The van der Waals surface area contributed by atoms with Gasteiger partial charge in [-0.1, -0.05) is 50.6 Å². The molecule has 1 fully saturated rings. The standard InChI is InChI=1S/C16H23NO2/c1-3-13(2)15(14-9-5-4-6-10-14)16(18)17-11-7-8-12-19-17/h4-6,9-10,13,15H,3,7-8,11-12H2,1-2H3. The van der Waals surface area contributed by atoms with Gasteiger partial charge in [0.15, 0.2) is 0 Å². The molecule has 2 unspecified atom stereocenters. The summed E-state index contributed by atoms with van der Waals surface area (Å²) >= 11 is 0. The maximum atomic E-state index is 12.7. The number of nitrogens with zero attached hydrogens (tertiary/aromatic N) is 1. The third-order valence-electron chi connectivity index (χ3n) is 3.89. The zero-order valence-electron chi connectivity index (χ0n) is 11.8. The van der Waals surface area contributed by atoms with Crippen LogP contribution < -0.4 is 0 Å². The van der Waals surface area contributed by atoms with Crippen molar-refractivity contribution in [1.82, 2.24) is 5.06 Å². The lowest BCUT2D eigenvalue weighted by Gasteiger charge is -2.32. The van der Waals surface area contributed by atoms with Crippen molar-refractivity contribution in [2.75, 3.05) is 13.2 Å².